The highest BCUT2D eigenvalue weighted by Crippen LogP contribution is 2.25. The number of nitrogens with zero attached hydrogens (tertiary/aromatic N) is 1. The van der Waals surface area contributed by atoms with E-state index in [9.17, 15) is 4.79 Å². The zero-order valence-corrected chi connectivity index (χ0v) is 14.0. The van der Waals surface area contributed by atoms with E-state index in [4.69, 9.17) is 16.1 Å². The van der Waals surface area contributed by atoms with Gasteiger partial charge in [-0.1, -0.05) is 28.9 Å². The van der Waals surface area contributed by atoms with Crippen molar-refractivity contribution >= 4 is 34.2 Å². The zero-order valence-electron chi connectivity index (χ0n) is 13.2. The number of benzene rings is 2. The van der Waals surface area contributed by atoms with Crippen molar-refractivity contribution in [1.29, 1.82) is 0 Å². The van der Waals surface area contributed by atoms with Gasteiger partial charge in [-0.3, -0.25) is 4.79 Å². The van der Waals surface area contributed by atoms with Crippen LogP contribution in [-0.2, 0) is 11.2 Å². The van der Waals surface area contributed by atoms with Crippen molar-refractivity contribution in [2.24, 2.45) is 0 Å². The normalized spacial score (nSPS) is 11.0. The molecule has 118 valence electrons. The van der Waals surface area contributed by atoms with Gasteiger partial charge in [0.2, 0.25) is 5.91 Å². The van der Waals surface area contributed by atoms with Crippen molar-refractivity contribution in [2.45, 2.75) is 27.2 Å². The highest BCUT2D eigenvalue weighted by Gasteiger charge is 2.15. The van der Waals surface area contributed by atoms with Crippen LogP contribution in [0.25, 0.3) is 11.0 Å². The maximum Gasteiger partial charge on any atom is 0.230 e. The summed E-state index contributed by atoms with van der Waals surface area (Å²) in [4.78, 5) is 12.3. The monoisotopic (exact) mass is 328 g/mol. The second-order valence-corrected chi connectivity index (χ2v) is 6.13. The van der Waals surface area contributed by atoms with Gasteiger partial charge in [0.1, 0.15) is 5.69 Å². The summed E-state index contributed by atoms with van der Waals surface area (Å²) in [7, 11) is 0. The molecule has 0 aliphatic rings. The minimum atomic E-state index is -0.148. The summed E-state index contributed by atoms with van der Waals surface area (Å²) in [5.74, 6) is -0.148. The van der Waals surface area contributed by atoms with E-state index in [1.54, 1.807) is 6.07 Å². The number of rotatable bonds is 3. The number of nitrogens with one attached hydrogen (secondary N) is 1. The SMILES string of the molecule is Cc1cc(C)c2onc(CC(=O)Nc3cccc(Cl)c3C)c2c1. The summed E-state index contributed by atoms with van der Waals surface area (Å²) in [6.07, 6.45) is 0.155. The molecule has 3 rings (SSSR count). The second kappa shape index (κ2) is 6.05. The van der Waals surface area contributed by atoms with Gasteiger partial charge in [0.25, 0.3) is 0 Å². The third kappa shape index (κ3) is 3.08. The summed E-state index contributed by atoms with van der Waals surface area (Å²) in [6.45, 7) is 5.86. The molecule has 0 saturated heterocycles. The van der Waals surface area contributed by atoms with Crippen LogP contribution < -0.4 is 5.32 Å². The number of amides is 1. The fourth-order valence-corrected chi connectivity index (χ4v) is 2.83. The Morgan fingerprint density at radius 2 is 2.04 bits per heavy atom. The van der Waals surface area contributed by atoms with Gasteiger partial charge in [-0.25, -0.2) is 0 Å². The molecule has 1 aromatic heterocycles. The lowest BCUT2D eigenvalue weighted by atomic mass is 10.1. The number of hydrogen-bond donors (Lipinski definition) is 1. The molecule has 0 bridgehead atoms. The first-order chi connectivity index (χ1) is 11.0. The number of fused-ring (bicyclic) bond motifs is 1. The van der Waals surface area contributed by atoms with Crippen LogP contribution >= 0.6 is 11.6 Å². The summed E-state index contributed by atoms with van der Waals surface area (Å²) in [5, 5.41) is 8.45. The molecule has 4 nitrogen and oxygen atoms in total. The lowest BCUT2D eigenvalue weighted by molar-refractivity contribution is -0.115. The molecule has 0 aliphatic carbocycles. The van der Waals surface area contributed by atoms with Gasteiger partial charge in [-0.2, -0.15) is 0 Å². The molecule has 23 heavy (non-hydrogen) atoms. The quantitative estimate of drug-likeness (QED) is 0.765. The molecule has 1 N–H and O–H groups in total. The Balaban J connectivity index is 1.85. The van der Waals surface area contributed by atoms with Gasteiger partial charge in [0, 0.05) is 16.1 Å². The van der Waals surface area contributed by atoms with E-state index >= 15 is 0 Å². The number of carbonyl (C=O) groups is 1. The van der Waals surface area contributed by atoms with Crippen LogP contribution in [0, 0.1) is 20.8 Å². The third-order valence-corrected chi connectivity index (χ3v) is 4.26. The van der Waals surface area contributed by atoms with Crippen LogP contribution in [-0.4, -0.2) is 11.1 Å². The minimum Gasteiger partial charge on any atom is -0.356 e. The molecule has 0 atom stereocenters. The molecule has 0 fully saturated rings. The standard InChI is InChI=1S/C18H17ClN2O2/c1-10-7-11(2)18-13(8-10)16(21-23-18)9-17(22)20-15-6-4-5-14(19)12(15)3/h4-8H,9H2,1-3H3,(H,20,22). The lowest BCUT2D eigenvalue weighted by Crippen LogP contribution is -2.15. The molecule has 0 saturated carbocycles. The Bertz CT molecular complexity index is 899. The Morgan fingerprint density at radius 1 is 1.26 bits per heavy atom. The third-order valence-electron chi connectivity index (χ3n) is 3.85. The number of halogens is 1. The van der Waals surface area contributed by atoms with E-state index in [0.29, 0.717) is 16.4 Å². The van der Waals surface area contributed by atoms with Crippen LogP contribution in [0.15, 0.2) is 34.9 Å². The van der Waals surface area contributed by atoms with Gasteiger partial charge in [-0.15, -0.1) is 0 Å². The summed E-state index contributed by atoms with van der Waals surface area (Å²) in [5.41, 5.74) is 5.07. The molecule has 0 aliphatic heterocycles. The predicted molar refractivity (Wildman–Crippen MR) is 92.0 cm³/mol. The van der Waals surface area contributed by atoms with Crippen molar-refractivity contribution in [3.63, 3.8) is 0 Å². The van der Waals surface area contributed by atoms with E-state index in [1.165, 1.54) is 0 Å². The number of aromatic nitrogens is 1. The number of aryl methyl sites for hydroxylation is 2. The Kier molecular flexibility index (Phi) is 4.09. The van der Waals surface area contributed by atoms with Crippen LogP contribution in [0.3, 0.4) is 0 Å². The average molecular weight is 329 g/mol. The molecule has 2 aromatic carbocycles. The molecule has 1 amide bonds. The Morgan fingerprint density at radius 3 is 2.83 bits per heavy atom. The van der Waals surface area contributed by atoms with Gasteiger partial charge in [-0.05, 0) is 55.7 Å². The Hall–Kier alpha value is -2.33. The van der Waals surface area contributed by atoms with Gasteiger partial charge in [0.05, 0.1) is 6.42 Å². The summed E-state index contributed by atoms with van der Waals surface area (Å²) >= 11 is 6.07. The topological polar surface area (TPSA) is 55.1 Å². The number of carbonyl (C=O) groups excluding carboxylic acids is 1. The van der Waals surface area contributed by atoms with Gasteiger partial charge < -0.3 is 9.84 Å². The first kappa shape index (κ1) is 15.6. The maximum absolute atomic E-state index is 12.3. The highest BCUT2D eigenvalue weighted by atomic mass is 35.5. The van der Waals surface area contributed by atoms with E-state index in [0.717, 1.165) is 27.7 Å². The van der Waals surface area contributed by atoms with E-state index < -0.39 is 0 Å². The average Bonchev–Trinajstić information content (AvgIpc) is 2.87. The number of anilines is 1. The van der Waals surface area contributed by atoms with E-state index in [-0.39, 0.29) is 12.3 Å². The zero-order chi connectivity index (χ0) is 16.6. The van der Waals surface area contributed by atoms with E-state index in [2.05, 4.69) is 10.5 Å². The molecule has 0 radical (unpaired) electrons. The largest absolute Gasteiger partial charge is 0.356 e. The molecule has 1 heterocycles. The van der Waals surface area contributed by atoms with Crippen LogP contribution in [0.4, 0.5) is 5.69 Å². The maximum atomic E-state index is 12.3. The lowest BCUT2D eigenvalue weighted by Gasteiger charge is -2.08. The van der Waals surface area contributed by atoms with Crippen molar-refractivity contribution in [2.75, 3.05) is 5.32 Å². The fraction of sp³-hybridized carbons (Fsp3) is 0.222. The van der Waals surface area contributed by atoms with Crippen molar-refractivity contribution in [1.82, 2.24) is 5.16 Å². The Labute approximate surface area is 139 Å². The molecule has 0 spiro atoms. The van der Waals surface area contributed by atoms with Gasteiger partial charge >= 0.3 is 0 Å². The fourth-order valence-electron chi connectivity index (χ4n) is 2.66. The second-order valence-electron chi connectivity index (χ2n) is 5.73. The van der Waals surface area contributed by atoms with Crippen LogP contribution in [0.5, 0.6) is 0 Å². The van der Waals surface area contributed by atoms with Crippen LogP contribution in [0.1, 0.15) is 22.4 Å². The van der Waals surface area contributed by atoms with Crippen molar-refractivity contribution < 1.29 is 9.32 Å². The first-order valence-corrected chi connectivity index (χ1v) is 7.74. The minimum absolute atomic E-state index is 0.148. The number of hydrogen-bond acceptors (Lipinski definition) is 3. The highest BCUT2D eigenvalue weighted by molar-refractivity contribution is 6.31. The van der Waals surface area contributed by atoms with Gasteiger partial charge in [0.15, 0.2) is 5.58 Å². The summed E-state index contributed by atoms with van der Waals surface area (Å²) < 4.78 is 5.38. The molecular formula is C18H17ClN2O2. The molecule has 3 aromatic rings. The smallest absolute Gasteiger partial charge is 0.230 e. The summed E-state index contributed by atoms with van der Waals surface area (Å²) in [6, 6.07) is 9.46. The molecule has 0 unspecified atom stereocenters. The first-order valence-electron chi connectivity index (χ1n) is 7.36. The van der Waals surface area contributed by atoms with Crippen LogP contribution in [0.2, 0.25) is 5.02 Å². The predicted octanol–water partition coefficient (Wildman–Crippen LogP) is 4.59. The van der Waals surface area contributed by atoms with Crippen molar-refractivity contribution in [3.8, 4) is 0 Å². The molecular weight excluding hydrogens is 312 g/mol. The molecule has 5 heteroatoms. The van der Waals surface area contributed by atoms with E-state index in [1.807, 2.05) is 45.0 Å². The van der Waals surface area contributed by atoms with Crippen molar-refractivity contribution in [3.05, 3.63) is 57.7 Å².